The molecule has 2 aliphatic carbocycles. The number of rotatable bonds is 7. The molecule has 3 fully saturated rings. The summed E-state index contributed by atoms with van der Waals surface area (Å²) in [5.41, 5.74) is 5.29. The maximum Gasteiger partial charge on any atom is 0.318 e. The van der Waals surface area contributed by atoms with Crippen LogP contribution in [0.25, 0.3) is 0 Å². The highest BCUT2D eigenvalue weighted by Gasteiger charge is 2.48. The van der Waals surface area contributed by atoms with Gasteiger partial charge in [-0.3, -0.25) is 4.79 Å². The van der Waals surface area contributed by atoms with Gasteiger partial charge >= 0.3 is 6.01 Å². The molecule has 1 aromatic carbocycles. The fourth-order valence-corrected chi connectivity index (χ4v) is 7.63. The number of piperazine rings is 1. The molecule has 5 aliphatic rings. The van der Waals surface area contributed by atoms with Crippen LogP contribution < -0.4 is 14.5 Å². The van der Waals surface area contributed by atoms with Crippen LogP contribution in [0.15, 0.2) is 24.8 Å². The van der Waals surface area contributed by atoms with Gasteiger partial charge in [0.2, 0.25) is 5.91 Å². The Morgan fingerprint density at radius 3 is 2.86 bits per heavy atom. The van der Waals surface area contributed by atoms with Crippen LogP contribution in [-0.2, 0) is 24.2 Å². The van der Waals surface area contributed by atoms with Crippen LogP contribution in [-0.4, -0.2) is 84.1 Å². The molecule has 2 aromatic rings. The number of likely N-dealkylation sites (tertiary alicyclic amines) is 1. The summed E-state index contributed by atoms with van der Waals surface area (Å²) in [4.78, 5) is 31.1. The molecule has 9 nitrogen and oxygen atoms in total. The standard InChI is InChI=1S/C32H38FN7O2/c1-3-29(41)40-14-13-39(17-21(40)8-10-34)31-23-9-12-38(28-7-6-26(33)25-16-20-15-24(20)30(25)28)18-27(23)35-32(36-31)42-19-22-5-4-11-37(22)2/h3,6-7,20-22,24H,1,4-5,8-9,11-19H2,2H3/t20?,21-,22-,24?/m0/s1. The summed E-state index contributed by atoms with van der Waals surface area (Å²) in [7, 11) is 2.13. The van der Waals surface area contributed by atoms with E-state index in [9.17, 15) is 14.4 Å². The molecule has 4 heterocycles. The minimum Gasteiger partial charge on any atom is -0.462 e. The molecule has 3 aliphatic heterocycles. The third-order valence-corrected chi connectivity index (χ3v) is 10.0. The second-order valence-corrected chi connectivity index (χ2v) is 12.5. The third kappa shape index (κ3) is 4.77. The van der Waals surface area contributed by atoms with Gasteiger partial charge in [0.05, 0.1) is 30.8 Å². The van der Waals surface area contributed by atoms with Crippen LogP contribution in [0.4, 0.5) is 15.9 Å². The van der Waals surface area contributed by atoms with Crippen molar-refractivity contribution in [1.82, 2.24) is 19.8 Å². The average Bonchev–Trinajstić information content (AvgIpc) is 3.48. The molecule has 0 N–H and O–H groups in total. The number of fused-ring (bicyclic) bond motifs is 4. The van der Waals surface area contributed by atoms with Gasteiger partial charge in [-0.1, -0.05) is 6.58 Å². The summed E-state index contributed by atoms with van der Waals surface area (Å²) in [6.07, 6.45) is 6.59. The van der Waals surface area contributed by atoms with Gasteiger partial charge in [-0.15, -0.1) is 0 Å². The number of carbonyl (C=O) groups excluding carboxylic acids is 1. The summed E-state index contributed by atoms with van der Waals surface area (Å²) >= 11 is 0. The van der Waals surface area contributed by atoms with Gasteiger partial charge in [0.25, 0.3) is 0 Å². The van der Waals surface area contributed by atoms with Crippen molar-refractivity contribution >= 4 is 17.4 Å². The highest BCUT2D eigenvalue weighted by atomic mass is 19.1. The van der Waals surface area contributed by atoms with Crippen molar-refractivity contribution in [3.8, 4) is 12.1 Å². The van der Waals surface area contributed by atoms with E-state index in [0.717, 1.165) is 73.5 Å². The highest BCUT2D eigenvalue weighted by Crippen LogP contribution is 2.59. The van der Waals surface area contributed by atoms with Gasteiger partial charge in [0.1, 0.15) is 18.2 Å². The first-order chi connectivity index (χ1) is 20.4. The molecule has 0 bridgehead atoms. The zero-order valence-electron chi connectivity index (χ0n) is 24.3. The van der Waals surface area contributed by atoms with E-state index in [4.69, 9.17) is 14.7 Å². The van der Waals surface area contributed by atoms with Gasteiger partial charge in [-0.05, 0) is 86.9 Å². The van der Waals surface area contributed by atoms with Gasteiger partial charge in [0.15, 0.2) is 0 Å². The second-order valence-electron chi connectivity index (χ2n) is 12.5. The second kappa shape index (κ2) is 10.8. The number of amides is 1. The maximum absolute atomic E-state index is 14.7. The van der Waals surface area contributed by atoms with E-state index in [0.29, 0.717) is 56.7 Å². The van der Waals surface area contributed by atoms with Crippen LogP contribution in [0, 0.1) is 23.1 Å². The number of likely N-dealkylation sites (N-methyl/N-ethyl adjacent to an activating group) is 1. The van der Waals surface area contributed by atoms with Crippen molar-refractivity contribution in [2.75, 3.05) is 56.2 Å². The molecule has 1 aromatic heterocycles. The van der Waals surface area contributed by atoms with Gasteiger partial charge in [0, 0.05) is 43.5 Å². The first-order valence-electron chi connectivity index (χ1n) is 15.3. The summed E-state index contributed by atoms with van der Waals surface area (Å²) in [6, 6.07) is 6.31. The van der Waals surface area contributed by atoms with Crippen LogP contribution >= 0.6 is 0 Å². The van der Waals surface area contributed by atoms with E-state index in [1.165, 1.54) is 11.6 Å². The van der Waals surface area contributed by atoms with Gasteiger partial charge in [-0.25, -0.2) is 4.39 Å². The molecule has 4 atom stereocenters. The van der Waals surface area contributed by atoms with E-state index in [1.54, 1.807) is 11.0 Å². The first kappa shape index (κ1) is 27.1. The Labute approximate surface area is 246 Å². The van der Waals surface area contributed by atoms with Crippen LogP contribution in [0.3, 0.4) is 0 Å². The average molecular weight is 572 g/mol. The lowest BCUT2D eigenvalue weighted by Gasteiger charge is -2.42. The molecule has 10 heteroatoms. The number of anilines is 2. The van der Waals surface area contributed by atoms with Gasteiger partial charge < -0.3 is 24.3 Å². The summed E-state index contributed by atoms with van der Waals surface area (Å²) in [5.74, 6) is 1.71. The fourth-order valence-electron chi connectivity index (χ4n) is 7.63. The van der Waals surface area contributed by atoms with Crippen LogP contribution in [0.2, 0.25) is 0 Å². The molecule has 2 unspecified atom stereocenters. The number of carbonyl (C=O) groups is 1. The predicted molar refractivity (Wildman–Crippen MR) is 157 cm³/mol. The predicted octanol–water partition coefficient (Wildman–Crippen LogP) is 3.43. The number of nitrogens with zero attached hydrogens (tertiary/aromatic N) is 7. The molecule has 42 heavy (non-hydrogen) atoms. The summed E-state index contributed by atoms with van der Waals surface area (Å²) < 4.78 is 21.0. The van der Waals surface area contributed by atoms with E-state index < -0.39 is 0 Å². The normalized spacial score (nSPS) is 26.4. The number of hydrogen-bond donors (Lipinski definition) is 0. The highest BCUT2D eigenvalue weighted by molar-refractivity contribution is 5.87. The Balaban J connectivity index is 1.20. The minimum absolute atomic E-state index is 0.0726. The van der Waals surface area contributed by atoms with Crippen LogP contribution in [0.5, 0.6) is 6.01 Å². The van der Waals surface area contributed by atoms with Crippen molar-refractivity contribution in [2.45, 2.75) is 63.1 Å². The molecule has 2 saturated heterocycles. The molecule has 0 radical (unpaired) electrons. The Bertz CT molecular complexity index is 1460. The SMILES string of the molecule is C=CC(=O)N1CCN(c2nc(OC[C@@H]3CCCN3C)nc3c2CCN(c2ccc(F)c4c2C2CC2C4)C3)C[C@@H]1CC#N. The summed E-state index contributed by atoms with van der Waals surface area (Å²) in [6.45, 7) is 8.26. The van der Waals surface area contributed by atoms with E-state index in [-0.39, 0.29) is 24.2 Å². The Hall–Kier alpha value is -3.71. The first-order valence-corrected chi connectivity index (χ1v) is 15.3. The number of nitriles is 1. The zero-order valence-corrected chi connectivity index (χ0v) is 24.3. The summed E-state index contributed by atoms with van der Waals surface area (Å²) in [5, 5.41) is 9.51. The van der Waals surface area contributed by atoms with E-state index in [1.807, 2.05) is 6.07 Å². The molecule has 1 saturated carbocycles. The number of ether oxygens (including phenoxy) is 1. The number of aromatic nitrogens is 2. The maximum atomic E-state index is 14.7. The van der Waals surface area contributed by atoms with Crippen molar-refractivity contribution in [3.63, 3.8) is 0 Å². The Kier molecular flexibility index (Phi) is 7.01. The van der Waals surface area contributed by atoms with E-state index >= 15 is 0 Å². The van der Waals surface area contributed by atoms with Crippen molar-refractivity contribution < 1.29 is 13.9 Å². The third-order valence-electron chi connectivity index (χ3n) is 10.0. The van der Waals surface area contributed by atoms with E-state index in [2.05, 4.69) is 34.4 Å². The minimum atomic E-state index is -0.246. The largest absolute Gasteiger partial charge is 0.462 e. The molecular formula is C32H38FN7O2. The fraction of sp³-hybridized carbons (Fsp3) is 0.562. The molecule has 1 amide bonds. The van der Waals surface area contributed by atoms with Crippen molar-refractivity contribution in [3.05, 3.63) is 53.0 Å². The topological polar surface area (TPSA) is 88.8 Å². The lowest BCUT2D eigenvalue weighted by molar-refractivity contribution is -0.128. The number of halogens is 1. The Morgan fingerprint density at radius 1 is 1.19 bits per heavy atom. The Morgan fingerprint density at radius 2 is 2.07 bits per heavy atom. The quantitative estimate of drug-likeness (QED) is 0.468. The molecule has 220 valence electrons. The zero-order chi connectivity index (χ0) is 29.0. The number of hydrogen-bond acceptors (Lipinski definition) is 8. The van der Waals surface area contributed by atoms with Gasteiger partial charge in [-0.2, -0.15) is 15.2 Å². The monoisotopic (exact) mass is 571 g/mol. The van der Waals surface area contributed by atoms with Crippen LogP contribution in [0.1, 0.15) is 54.0 Å². The smallest absolute Gasteiger partial charge is 0.318 e. The van der Waals surface area contributed by atoms with Crippen molar-refractivity contribution in [2.24, 2.45) is 5.92 Å². The molecule has 0 spiro atoms. The number of benzene rings is 1. The molecular weight excluding hydrogens is 533 g/mol. The lowest BCUT2D eigenvalue weighted by Crippen LogP contribution is -2.55. The lowest BCUT2D eigenvalue weighted by atomic mass is 9.98. The van der Waals surface area contributed by atoms with Crippen molar-refractivity contribution in [1.29, 1.82) is 5.26 Å². The molecule has 7 rings (SSSR count).